The summed E-state index contributed by atoms with van der Waals surface area (Å²) >= 11 is 0. The molecule has 182 valence electrons. The van der Waals surface area contributed by atoms with E-state index in [4.69, 9.17) is 0 Å². The lowest BCUT2D eigenvalue weighted by atomic mass is 9.78. The molecule has 2 heterocycles. The minimum Gasteiger partial charge on any atom is -0.351 e. The van der Waals surface area contributed by atoms with Gasteiger partial charge in [-0.15, -0.1) is 0 Å². The third kappa shape index (κ3) is 4.38. The van der Waals surface area contributed by atoms with Crippen LogP contribution in [0.3, 0.4) is 0 Å². The molecule has 6 heteroatoms. The standard InChI is InChI=1S/C29H34N4O2/c1-18-12-13-20(3)22(14-18)16-32-26-11-6-5-9-23(26)24-15-30-33(29(35)28(24)32)17-27(34)31-25-10-7-8-19(2)21(25)4/h5-6,9,11-15,19,21,25H,7-8,10,16-17H2,1-4H3,(H,31,34)/t19-,21-,25-/m1/s1. The molecule has 1 amide bonds. The van der Waals surface area contributed by atoms with Crippen LogP contribution in [-0.2, 0) is 17.9 Å². The van der Waals surface area contributed by atoms with Crippen LogP contribution in [-0.4, -0.2) is 26.3 Å². The number of hydrogen-bond acceptors (Lipinski definition) is 3. The monoisotopic (exact) mass is 470 g/mol. The van der Waals surface area contributed by atoms with Crippen molar-refractivity contribution in [3.8, 4) is 0 Å². The van der Waals surface area contributed by atoms with Crippen LogP contribution in [0.5, 0.6) is 0 Å². The first kappa shape index (κ1) is 23.3. The molecule has 1 fully saturated rings. The Bertz CT molecular complexity index is 1470. The largest absolute Gasteiger partial charge is 0.351 e. The summed E-state index contributed by atoms with van der Waals surface area (Å²) in [5, 5.41) is 9.40. The summed E-state index contributed by atoms with van der Waals surface area (Å²) in [4.78, 5) is 26.6. The van der Waals surface area contributed by atoms with Crippen LogP contribution in [0.25, 0.3) is 21.8 Å². The second kappa shape index (κ2) is 9.33. The summed E-state index contributed by atoms with van der Waals surface area (Å²) in [5.41, 5.74) is 4.90. The number of carbonyl (C=O) groups excluding carboxylic acids is 1. The van der Waals surface area contributed by atoms with Crippen LogP contribution in [0.15, 0.2) is 53.5 Å². The Hall–Kier alpha value is -3.41. The van der Waals surface area contributed by atoms with E-state index in [1.165, 1.54) is 27.8 Å². The summed E-state index contributed by atoms with van der Waals surface area (Å²) < 4.78 is 3.39. The van der Waals surface area contributed by atoms with Crippen molar-refractivity contribution in [2.45, 2.75) is 66.1 Å². The van der Waals surface area contributed by atoms with Crippen LogP contribution in [0.2, 0.25) is 0 Å². The van der Waals surface area contributed by atoms with Gasteiger partial charge in [0.15, 0.2) is 0 Å². The predicted molar refractivity (Wildman–Crippen MR) is 141 cm³/mol. The normalized spacial score (nSPS) is 20.4. The van der Waals surface area contributed by atoms with Crippen molar-refractivity contribution in [3.05, 3.63) is 75.7 Å². The SMILES string of the molecule is Cc1ccc(C)c(Cn2c3ccccc3c3cnn(CC(=O)N[C@@H]4CCC[C@@H](C)[C@H]4C)c(=O)c32)c1. The molecule has 0 unspecified atom stereocenters. The molecular weight excluding hydrogens is 436 g/mol. The van der Waals surface area contributed by atoms with Gasteiger partial charge in [0.05, 0.1) is 6.20 Å². The van der Waals surface area contributed by atoms with Gasteiger partial charge in [0.2, 0.25) is 5.91 Å². The second-order valence-corrected chi connectivity index (χ2v) is 10.3. The molecule has 2 aromatic heterocycles. The highest BCUT2D eigenvalue weighted by Gasteiger charge is 2.28. The molecule has 1 aliphatic carbocycles. The molecule has 5 rings (SSSR count). The summed E-state index contributed by atoms with van der Waals surface area (Å²) in [6.45, 7) is 9.14. The number of rotatable bonds is 5. The van der Waals surface area contributed by atoms with Gasteiger partial charge in [-0.3, -0.25) is 9.59 Å². The highest BCUT2D eigenvalue weighted by atomic mass is 16.2. The Labute approximate surface area is 206 Å². The van der Waals surface area contributed by atoms with Crippen LogP contribution < -0.4 is 10.9 Å². The summed E-state index contributed by atoms with van der Waals surface area (Å²) in [5.74, 6) is 0.870. The van der Waals surface area contributed by atoms with Gasteiger partial charge in [-0.1, -0.05) is 68.7 Å². The van der Waals surface area contributed by atoms with E-state index < -0.39 is 0 Å². The Morgan fingerprint density at radius 1 is 1.09 bits per heavy atom. The minimum absolute atomic E-state index is 0.0721. The first-order valence-corrected chi connectivity index (χ1v) is 12.7. The van der Waals surface area contributed by atoms with Gasteiger partial charge in [-0.25, -0.2) is 4.68 Å². The molecule has 0 spiro atoms. The quantitative estimate of drug-likeness (QED) is 0.448. The molecule has 1 N–H and O–H groups in total. The topological polar surface area (TPSA) is 68.9 Å². The number of fused-ring (bicyclic) bond motifs is 3. The number of nitrogens with zero attached hydrogens (tertiary/aromatic N) is 3. The van der Waals surface area contributed by atoms with Crippen molar-refractivity contribution in [2.75, 3.05) is 0 Å². The van der Waals surface area contributed by atoms with Crippen molar-refractivity contribution >= 4 is 27.7 Å². The van der Waals surface area contributed by atoms with Gasteiger partial charge < -0.3 is 9.88 Å². The molecule has 0 radical (unpaired) electrons. The predicted octanol–water partition coefficient (Wildman–Crippen LogP) is 4.96. The molecule has 2 aromatic carbocycles. The number of aromatic nitrogens is 3. The van der Waals surface area contributed by atoms with Crippen molar-refractivity contribution in [2.24, 2.45) is 11.8 Å². The fourth-order valence-corrected chi connectivity index (χ4v) is 5.59. The van der Waals surface area contributed by atoms with E-state index in [2.05, 4.69) is 60.9 Å². The lowest BCUT2D eigenvalue weighted by molar-refractivity contribution is -0.123. The number of para-hydroxylation sites is 1. The Balaban J connectivity index is 1.53. The third-order valence-corrected chi connectivity index (χ3v) is 7.95. The molecule has 1 saturated carbocycles. The van der Waals surface area contributed by atoms with E-state index in [-0.39, 0.29) is 24.1 Å². The van der Waals surface area contributed by atoms with E-state index in [1.807, 2.05) is 24.3 Å². The third-order valence-electron chi connectivity index (χ3n) is 7.95. The zero-order valence-corrected chi connectivity index (χ0v) is 21.0. The van der Waals surface area contributed by atoms with E-state index in [0.717, 1.165) is 29.1 Å². The maximum Gasteiger partial charge on any atom is 0.291 e. The molecule has 4 aromatic rings. The number of nitrogens with one attached hydrogen (secondary N) is 1. The molecule has 0 saturated heterocycles. The number of benzene rings is 2. The average Bonchev–Trinajstić information content (AvgIpc) is 3.15. The van der Waals surface area contributed by atoms with Crippen LogP contribution in [0, 0.1) is 25.7 Å². The number of hydrogen-bond donors (Lipinski definition) is 1. The molecule has 3 atom stereocenters. The average molecular weight is 471 g/mol. The maximum absolute atomic E-state index is 13.7. The van der Waals surface area contributed by atoms with Crippen LogP contribution >= 0.6 is 0 Å². The first-order chi connectivity index (χ1) is 16.8. The fourth-order valence-electron chi connectivity index (χ4n) is 5.59. The molecule has 1 aliphatic rings. The minimum atomic E-state index is -0.232. The number of amides is 1. The smallest absolute Gasteiger partial charge is 0.291 e. The van der Waals surface area contributed by atoms with E-state index in [1.54, 1.807) is 6.20 Å². The van der Waals surface area contributed by atoms with E-state index in [9.17, 15) is 9.59 Å². The van der Waals surface area contributed by atoms with E-state index >= 15 is 0 Å². The Kier molecular flexibility index (Phi) is 6.22. The number of carbonyl (C=O) groups is 1. The van der Waals surface area contributed by atoms with Gasteiger partial charge in [0.25, 0.3) is 5.56 Å². The van der Waals surface area contributed by atoms with E-state index in [0.29, 0.717) is 23.9 Å². The zero-order chi connectivity index (χ0) is 24.7. The molecule has 0 bridgehead atoms. The van der Waals surface area contributed by atoms with Gasteiger partial charge in [-0.2, -0.15) is 5.10 Å². The highest BCUT2D eigenvalue weighted by molar-refractivity contribution is 6.07. The van der Waals surface area contributed by atoms with Crippen molar-refractivity contribution in [1.29, 1.82) is 0 Å². The summed E-state index contributed by atoms with van der Waals surface area (Å²) in [6.07, 6.45) is 5.05. The molecular formula is C29H34N4O2. The van der Waals surface area contributed by atoms with Crippen molar-refractivity contribution in [3.63, 3.8) is 0 Å². The highest BCUT2D eigenvalue weighted by Crippen LogP contribution is 2.30. The second-order valence-electron chi connectivity index (χ2n) is 10.3. The van der Waals surface area contributed by atoms with Gasteiger partial charge in [0, 0.05) is 28.9 Å². The van der Waals surface area contributed by atoms with Crippen LogP contribution in [0.4, 0.5) is 0 Å². The number of aryl methyl sites for hydroxylation is 2. The first-order valence-electron chi connectivity index (χ1n) is 12.7. The Morgan fingerprint density at radius 3 is 2.71 bits per heavy atom. The van der Waals surface area contributed by atoms with Gasteiger partial charge >= 0.3 is 0 Å². The zero-order valence-electron chi connectivity index (χ0n) is 21.0. The summed E-state index contributed by atoms with van der Waals surface area (Å²) in [6, 6.07) is 14.6. The lowest BCUT2D eigenvalue weighted by Gasteiger charge is -2.34. The van der Waals surface area contributed by atoms with Gasteiger partial charge in [0.1, 0.15) is 12.1 Å². The molecule has 35 heavy (non-hydrogen) atoms. The molecule has 6 nitrogen and oxygen atoms in total. The fraction of sp³-hybridized carbons (Fsp3) is 0.414. The summed E-state index contributed by atoms with van der Waals surface area (Å²) in [7, 11) is 0. The van der Waals surface area contributed by atoms with Crippen LogP contribution in [0.1, 0.15) is 49.8 Å². The van der Waals surface area contributed by atoms with Gasteiger partial charge in [-0.05, 0) is 49.3 Å². The van der Waals surface area contributed by atoms with Crippen molar-refractivity contribution < 1.29 is 4.79 Å². The Morgan fingerprint density at radius 2 is 1.89 bits per heavy atom. The lowest BCUT2D eigenvalue weighted by Crippen LogP contribution is -2.45. The molecule has 0 aliphatic heterocycles. The van der Waals surface area contributed by atoms with Crippen molar-refractivity contribution in [1.82, 2.24) is 19.7 Å². The maximum atomic E-state index is 13.7.